The largest absolute Gasteiger partial charge is 0.444 e. The van der Waals surface area contributed by atoms with Crippen LogP contribution in [-0.2, 0) is 16.0 Å². The predicted octanol–water partition coefficient (Wildman–Crippen LogP) is 1.38. The van der Waals surface area contributed by atoms with Gasteiger partial charge in [0.1, 0.15) is 5.60 Å². The van der Waals surface area contributed by atoms with E-state index >= 15 is 0 Å². The Morgan fingerprint density at radius 3 is 2.76 bits per heavy atom. The Morgan fingerprint density at radius 1 is 1.43 bits per heavy atom. The first-order valence-electron chi connectivity index (χ1n) is 7.08. The number of nitrogens with zero attached hydrogens (tertiary/aromatic N) is 2. The smallest absolute Gasteiger partial charge is 0.410 e. The van der Waals surface area contributed by atoms with E-state index < -0.39 is 5.60 Å². The molecular weight excluding hydrogens is 272 g/mol. The SMILES string of the molecule is COCCN(CCNCc1ccn[nH]1)C(=O)OC(C)(C)C. The maximum atomic E-state index is 12.1. The van der Waals surface area contributed by atoms with Crippen molar-refractivity contribution >= 4 is 6.09 Å². The molecule has 7 nitrogen and oxygen atoms in total. The third-order valence-corrected chi connectivity index (χ3v) is 2.65. The highest BCUT2D eigenvalue weighted by Gasteiger charge is 2.21. The average molecular weight is 298 g/mol. The van der Waals surface area contributed by atoms with Crippen molar-refractivity contribution in [1.82, 2.24) is 20.4 Å². The van der Waals surface area contributed by atoms with Gasteiger partial charge in [0.15, 0.2) is 0 Å². The zero-order chi connectivity index (χ0) is 15.7. The van der Waals surface area contributed by atoms with Crippen molar-refractivity contribution in [3.63, 3.8) is 0 Å². The van der Waals surface area contributed by atoms with Crippen LogP contribution in [0.15, 0.2) is 12.3 Å². The van der Waals surface area contributed by atoms with Gasteiger partial charge in [0.25, 0.3) is 0 Å². The van der Waals surface area contributed by atoms with Gasteiger partial charge in [0.05, 0.1) is 6.61 Å². The lowest BCUT2D eigenvalue weighted by molar-refractivity contribution is 0.0204. The molecule has 0 spiro atoms. The quantitative estimate of drug-likeness (QED) is 0.709. The summed E-state index contributed by atoms with van der Waals surface area (Å²) in [4.78, 5) is 13.7. The fourth-order valence-corrected chi connectivity index (χ4v) is 1.64. The van der Waals surface area contributed by atoms with Crippen molar-refractivity contribution in [3.8, 4) is 0 Å². The molecule has 21 heavy (non-hydrogen) atoms. The third kappa shape index (κ3) is 7.67. The lowest BCUT2D eigenvalue weighted by Gasteiger charge is -2.27. The number of ether oxygens (including phenoxy) is 2. The normalized spacial score (nSPS) is 11.4. The summed E-state index contributed by atoms with van der Waals surface area (Å²) in [6.45, 7) is 8.49. The second kappa shape index (κ2) is 8.63. The fraction of sp³-hybridized carbons (Fsp3) is 0.714. The molecule has 0 atom stereocenters. The van der Waals surface area contributed by atoms with E-state index in [0.29, 0.717) is 32.8 Å². The third-order valence-electron chi connectivity index (χ3n) is 2.65. The number of H-pyrrole nitrogens is 1. The summed E-state index contributed by atoms with van der Waals surface area (Å²) in [5.74, 6) is 0. The van der Waals surface area contributed by atoms with Crippen LogP contribution in [0, 0.1) is 0 Å². The predicted molar refractivity (Wildman–Crippen MR) is 80.0 cm³/mol. The maximum absolute atomic E-state index is 12.1. The number of rotatable bonds is 8. The molecule has 1 amide bonds. The number of carbonyl (C=O) groups is 1. The molecule has 1 heterocycles. The molecule has 2 N–H and O–H groups in total. The molecule has 7 heteroatoms. The molecule has 0 aliphatic carbocycles. The Hall–Kier alpha value is -1.60. The summed E-state index contributed by atoms with van der Waals surface area (Å²) >= 11 is 0. The molecule has 0 aliphatic rings. The minimum atomic E-state index is -0.494. The molecular formula is C14H26N4O3. The van der Waals surface area contributed by atoms with Gasteiger partial charge in [-0.3, -0.25) is 5.10 Å². The van der Waals surface area contributed by atoms with Crippen molar-refractivity contribution in [2.24, 2.45) is 0 Å². The minimum Gasteiger partial charge on any atom is -0.444 e. The van der Waals surface area contributed by atoms with Crippen LogP contribution in [0.5, 0.6) is 0 Å². The Bertz CT molecular complexity index is 401. The number of hydrogen-bond donors (Lipinski definition) is 2. The highest BCUT2D eigenvalue weighted by Crippen LogP contribution is 2.09. The molecule has 0 saturated carbocycles. The number of nitrogens with one attached hydrogen (secondary N) is 2. The Labute approximate surface area is 126 Å². The first-order chi connectivity index (χ1) is 9.92. The summed E-state index contributed by atoms with van der Waals surface area (Å²) in [6, 6.07) is 1.91. The summed E-state index contributed by atoms with van der Waals surface area (Å²) in [5, 5.41) is 10.0. The van der Waals surface area contributed by atoms with Crippen LogP contribution in [0.2, 0.25) is 0 Å². The Morgan fingerprint density at radius 2 is 2.19 bits per heavy atom. The van der Waals surface area contributed by atoms with E-state index in [4.69, 9.17) is 9.47 Å². The maximum Gasteiger partial charge on any atom is 0.410 e. The molecule has 0 fully saturated rings. The lowest BCUT2D eigenvalue weighted by Crippen LogP contribution is -2.42. The van der Waals surface area contributed by atoms with Crippen LogP contribution in [0.3, 0.4) is 0 Å². The van der Waals surface area contributed by atoms with Gasteiger partial charge in [0, 0.05) is 45.2 Å². The molecule has 1 rings (SSSR count). The molecule has 0 radical (unpaired) electrons. The number of aromatic amines is 1. The van der Waals surface area contributed by atoms with Gasteiger partial charge in [-0.25, -0.2) is 4.79 Å². The van der Waals surface area contributed by atoms with Gasteiger partial charge in [-0.15, -0.1) is 0 Å². The van der Waals surface area contributed by atoms with Crippen LogP contribution in [0.4, 0.5) is 4.79 Å². The summed E-state index contributed by atoms with van der Waals surface area (Å²) in [6.07, 6.45) is 1.39. The van der Waals surface area contributed by atoms with Gasteiger partial charge in [-0.05, 0) is 26.8 Å². The Kier molecular flexibility index (Phi) is 7.18. The standard InChI is InChI=1S/C14H26N4O3/c1-14(2,3)21-13(19)18(9-10-20-4)8-7-15-11-12-5-6-16-17-12/h5-6,15H,7-11H2,1-4H3,(H,16,17). The van der Waals surface area contributed by atoms with E-state index in [-0.39, 0.29) is 6.09 Å². The van der Waals surface area contributed by atoms with Gasteiger partial charge in [-0.2, -0.15) is 5.10 Å². The number of aromatic nitrogens is 2. The van der Waals surface area contributed by atoms with Crippen LogP contribution < -0.4 is 5.32 Å². The highest BCUT2D eigenvalue weighted by atomic mass is 16.6. The monoisotopic (exact) mass is 298 g/mol. The van der Waals surface area contributed by atoms with Crippen molar-refractivity contribution in [3.05, 3.63) is 18.0 Å². The van der Waals surface area contributed by atoms with E-state index in [9.17, 15) is 4.79 Å². The lowest BCUT2D eigenvalue weighted by atomic mass is 10.2. The highest BCUT2D eigenvalue weighted by molar-refractivity contribution is 5.68. The van der Waals surface area contributed by atoms with Crippen LogP contribution in [-0.4, -0.2) is 60.1 Å². The molecule has 1 aromatic rings. The van der Waals surface area contributed by atoms with Gasteiger partial charge in [-0.1, -0.05) is 0 Å². The second-order valence-corrected chi connectivity index (χ2v) is 5.72. The molecule has 0 aliphatic heterocycles. The number of amides is 1. The second-order valence-electron chi connectivity index (χ2n) is 5.72. The van der Waals surface area contributed by atoms with E-state index in [2.05, 4.69) is 15.5 Å². The fourth-order valence-electron chi connectivity index (χ4n) is 1.64. The Balaban J connectivity index is 2.36. The van der Waals surface area contributed by atoms with E-state index in [1.807, 2.05) is 26.8 Å². The topological polar surface area (TPSA) is 79.5 Å². The van der Waals surface area contributed by atoms with Crippen LogP contribution in [0.1, 0.15) is 26.5 Å². The zero-order valence-corrected chi connectivity index (χ0v) is 13.3. The average Bonchev–Trinajstić information content (AvgIpc) is 2.88. The van der Waals surface area contributed by atoms with Crippen LogP contribution in [0.25, 0.3) is 0 Å². The van der Waals surface area contributed by atoms with Crippen molar-refractivity contribution < 1.29 is 14.3 Å². The van der Waals surface area contributed by atoms with E-state index in [1.54, 1.807) is 18.2 Å². The van der Waals surface area contributed by atoms with Crippen molar-refractivity contribution in [2.75, 3.05) is 33.4 Å². The van der Waals surface area contributed by atoms with Gasteiger partial charge in [0.2, 0.25) is 0 Å². The van der Waals surface area contributed by atoms with E-state index in [1.165, 1.54) is 0 Å². The minimum absolute atomic E-state index is 0.317. The summed E-state index contributed by atoms with van der Waals surface area (Å²) in [7, 11) is 1.61. The number of carbonyl (C=O) groups excluding carboxylic acids is 1. The number of hydrogen-bond acceptors (Lipinski definition) is 5. The first kappa shape index (κ1) is 17.5. The van der Waals surface area contributed by atoms with Crippen LogP contribution >= 0.6 is 0 Å². The molecule has 0 saturated heterocycles. The van der Waals surface area contributed by atoms with Crippen molar-refractivity contribution in [1.29, 1.82) is 0 Å². The molecule has 1 aromatic heterocycles. The molecule has 0 aromatic carbocycles. The summed E-state index contributed by atoms with van der Waals surface area (Å²) < 4.78 is 10.4. The van der Waals surface area contributed by atoms with Crippen molar-refractivity contribution in [2.45, 2.75) is 32.9 Å². The van der Waals surface area contributed by atoms with Gasteiger partial charge < -0.3 is 19.7 Å². The zero-order valence-electron chi connectivity index (χ0n) is 13.3. The molecule has 0 unspecified atom stereocenters. The summed E-state index contributed by atoms with van der Waals surface area (Å²) in [5.41, 5.74) is 0.516. The first-order valence-corrected chi connectivity index (χ1v) is 7.08. The molecule has 120 valence electrons. The van der Waals surface area contributed by atoms with Gasteiger partial charge >= 0.3 is 6.09 Å². The number of methoxy groups -OCH3 is 1. The molecule has 0 bridgehead atoms. The van der Waals surface area contributed by atoms with E-state index in [0.717, 1.165) is 5.69 Å².